The lowest BCUT2D eigenvalue weighted by Crippen LogP contribution is -2.47. The zero-order valence-corrected chi connectivity index (χ0v) is 15.6. The Labute approximate surface area is 145 Å². The molecule has 0 radical (unpaired) electrons. The molecule has 0 aromatic heterocycles. The van der Waals surface area contributed by atoms with Crippen LogP contribution in [0, 0.1) is 12.8 Å². The van der Waals surface area contributed by atoms with E-state index >= 15 is 0 Å². The van der Waals surface area contributed by atoms with Gasteiger partial charge >= 0.3 is 0 Å². The van der Waals surface area contributed by atoms with Crippen LogP contribution in [0.5, 0.6) is 5.75 Å². The molecule has 0 saturated heterocycles. The molecule has 0 aliphatic heterocycles. The first-order valence-corrected chi connectivity index (χ1v) is 9.04. The van der Waals surface area contributed by atoms with Gasteiger partial charge in [0.1, 0.15) is 11.4 Å². The third kappa shape index (κ3) is 4.29. The number of hydrogen-bond acceptors (Lipinski definition) is 3. The molecule has 2 rings (SSSR count). The van der Waals surface area contributed by atoms with E-state index in [-0.39, 0.29) is 12.0 Å². The van der Waals surface area contributed by atoms with E-state index in [4.69, 9.17) is 9.47 Å². The molecule has 0 bridgehead atoms. The molecule has 1 aromatic carbocycles. The van der Waals surface area contributed by atoms with Crippen molar-refractivity contribution in [3.63, 3.8) is 0 Å². The molecule has 1 aromatic rings. The van der Waals surface area contributed by atoms with Gasteiger partial charge in [-0.1, -0.05) is 20.3 Å². The maximum atomic E-state index is 12.8. The number of carbonyl (C=O) groups is 1. The number of ether oxygens (including phenoxy) is 2. The summed E-state index contributed by atoms with van der Waals surface area (Å²) in [4.78, 5) is 12.8. The lowest BCUT2D eigenvalue weighted by atomic mass is 9.78. The fourth-order valence-electron chi connectivity index (χ4n) is 3.39. The van der Waals surface area contributed by atoms with E-state index < -0.39 is 5.60 Å². The van der Waals surface area contributed by atoms with Crippen molar-refractivity contribution in [2.45, 2.75) is 71.5 Å². The molecule has 1 N–H and O–H groups in total. The summed E-state index contributed by atoms with van der Waals surface area (Å²) >= 11 is 0. The normalized spacial score (nSPS) is 25.1. The Morgan fingerprint density at radius 3 is 2.79 bits per heavy atom. The Morgan fingerprint density at radius 2 is 2.21 bits per heavy atom. The van der Waals surface area contributed by atoms with E-state index in [2.05, 4.69) is 26.1 Å². The van der Waals surface area contributed by atoms with E-state index in [1.165, 1.54) is 6.42 Å². The van der Waals surface area contributed by atoms with Gasteiger partial charge in [0.15, 0.2) is 0 Å². The molecular formula is C20H31NO3. The highest BCUT2D eigenvalue weighted by Crippen LogP contribution is 2.36. The number of methoxy groups -OCH3 is 1. The summed E-state index contributed by atoms with van der Waals surface area (Å²) in [5.41, 5.74) is 1.12. The lowest BCUT2D eigenvalue weighted by Gasteiger charge is -2.37. The highest BCUT2D eigenvalue weighted by atomic mass is 16.5. The number of nitrogens with one attached hydrogen (secondary N) is 1. The Morgan fingerprint density at radius 1 is 1.46 bits per heavy atom. The van der Waals surface area contributed by atoms with E-state index in [1.807, 2.05) is 25.1 Å². The molecule has 24 heavy (non-hydrogen) atoms. The van der Waals surface area contributed by atoms with Gasteiger partial charge in [-0.05, 0) is 69.2 Å². The van der Waals surface area contributed by atoms with Crippen LogP contribution in [-0.2, 0) is 9.53 Å². The van der Waals surface area contributed by atoms with Gasteiger partial charge in [0.2, 0.25) is 0 Å². The predicted molar refractivity (Wildman–Crippen MR) is 97.6 cm³/mol. The molecule has 134 valence electrons. The summed E-state index contributed by atoms with van der Waals surface area (Å²) in [6.07, 6.45) is 4.91. The van der Waals surface area contributed by atoms with Crippen molar-refractivity contribution >= 4 is 11.6 Å². The number of anilines is 1. The Balaban J connectivity index is 2.09. The number of rotatable bonds is 6. The van der Waals surface area contributed by atoms with Crippen molar-refractivity contribution in [1.82, 2.24) is 0 Å². The first-order valence-electron chi connectivity index (χ1n) is 9.04. The lowest BCUT2D eigenvalue weighted by molar-refractivity contribution is -0.143. The van der Waals surface area contributed by atoms with E-state index in [0.29, 0.717) is 5.92 Å². The largest absolute Gasteiger partial charge is 0.490 e. The minimum absolute atomic E-state index is 0.0356. The number of amides is 1. The maximum absolute atomic E-state index is 12.8. The third-order valence-electron chi connectivity index (χ3n) is 5.10. The van der Waals surface area contributed by atoms with Crippen LogP contribution in [0.1, 0.15) is 58.4 Å². The van der Waals surface area contributed by atoms with Gasteiger partial charge in [0, 0.05) is 12.8 Å². The van der Waals surface area contributed by atoms with Crippen LogP contribution in [0.3, 0.4) is 0 Å². The van der Waals surface area contributed by atoms with Crippen molar-refractivity contribution in [1.29, 1.82) is 0 Å². The van der Waals surface area contributed by atoms with E-state index in [1.54, 1.807) is 7.11 Å². The second kappa shape index (κ2) is 8.02. The monoisotopic (exact) mass is 333 g/mol. The van der Waals surface area contributed by atoms with E-state index in [9.17, 15) is 4.79 Å². The summed E-state index contributed by atoms with van der Waals surface area (Å²) < 4.78 is 11.6. The summed E-state index contributed by atoms with van der Waals surface area (Å²) in [6, 6.07) is 5.80. The van der Waals surface area contributed by atoms with Crippen LogP contribution < -0.4 is 10.1 Å². The van der Waals surface area contributed by atoms with E-state index in [0.717, 1.165) is 42.7 Å². The van der Waals surface area contributed by atoms with Crippen molar-refractivity contribution in [3.05, 3.63) is 23.8 Å². The van der Waals surface area contributed by atoms with Gasteiger partial charge < -0.3 is 14.8 Å². The first kappa shape index (κ1) is 18.8. The van der Waals surface area contributed by atoms with Gasteiger partial charge in [0.25, 0.3) is 5.91 Å². The topological polar surface area (TPSA) is 47.6 Å². The molecular weight excluding hydrogens is 302 g/mol. The molecule has 1 aliphatic carbocycles. The summed E-state index contributed by atoms with van der Waals surface area (Å²) in [5.74, 6) is 1.35. The molecule has 3 unspecified atom stereocenters. The van der Waals surface area contributed by atoms with Crippen LogP contribution in [0.2, 0.25) is 0 Å². The van der Waals surface area contributed by atoms with Gasteiger partial charge in [-0.15, -0.1) is 0 Å². The van der Waals surface area contributed by atoms with Crippen LogP contribution in [0.25, 0.3) is 0 Å². The van der Waals surface area contributed by atoms with Crippen molar-refractivity contribution in [2.24, 2.45) is 5.92 Å². The third-order valence-corrected chi connectivity index (χ3v) is 5.10. The van der Waals surface area contributed by atoms with Crippen LogP contribution in [0.15, 0.2) is 18.2 Å². The molecule has 4 heteroatoms. The maximum Gasteiger partial charge on any atom is 0.256 e. The summed E-state index contributed by atoms with van der Waals surface area (Å²) in [6.45, 7) is 8.35. The zero-order chi connectivity index (χ0) is 17.7. The quantitative estimate of drug-likeness (QED) is 0.820. The average molecular weight is 333 g/mol. The van der Waals surface area contributed by atoms with Crippen LogP contribution in [0.4, 0.5) is 5.69 Å². The molecule has 0 spiro atoms. The second-order valence-corrected chi connectivity index (χ2v) is 7.17. The smallest absolute Gasteiger partial charge is 0.256 e. The first-order chi connectivity index (χ1) is 11.4. The second-order valence-electron chi connectivity index (χ2n) is 7.17. The Kier molecular flexibility index (Phi) is 6.27. The summed E-state index contributed by atoms with van der Waals surface area (Å²) in [5, 5.41) is 3.04. The minimum Gasteiger partial charge on any atom is -0.490 e. The van der Waals surface area contributed by atoms with Gasteiger partial charge in [-0.3, -0.25) is 4.79 Å². The number of aryl methyl sites for hydroxylation is 1. The zero-order valence-electron chi connectivity index (χ0n) is 15.6. The van der Waals surface area contributed by atoms with Gasteiger partial charge in [0.05, 0.1) is 6.10 Å². The predicted octanol–water partition coefficient (Wildman–Crippen LogP) is 4.71. The standard InChI is InChI=1S/C20H31NO3/c1-6-16(4)24-18-10-9-17(12-15(18)3)21-19(22)20(23-5)11-7-8-14(2)13-20/h9-10,12,14,16H,6-8,11,13H2,1-5H3,(H,21,22). The molecule has 4 nitrogen and oxygen atoms in total. The Hall–Kier alpha value is -1.55. The molecule has 1 saturated carbocycles. The molecule has 3 atom stereocenters. The van der Waals surface area contributed by atoms with Crippen LogP contribution in [-0.4, -0.2) is 24.7 Å². The number of hydrogen-bond donors (Lipinski definition) is 1. The van der Waals surface area contributed by atoms with Crippen molar-refractivity contribution in [3.8, 4) is 5.75 Å². The van der Waals surface area contributed by atoms with Gasteiger partial charge in [-0.2, -0.15) is 0 Å². The van der Waals surface area contributed by atoms with Crippen LogP contribution >= 0.6 is 0 Å². The Bertz CT molecular complexity index is 572. The SMILES string of the molecule is CCC(C)Oc1ccc(NC(=O)C2(OC)CCCC(C)C2)cc1C. The fourth-order valence-corrected chi connectivity index (χ4v) is 3.39. The number of carbonyl (C=O) groups excluding carboxylic acids is 1. The molecule has 1 amide bonds. The minimum atomic E-state index is -0.697. The highest BCUT2D eigenvalue weighted by Gasteiger charge is 2.42. The fraction of sp³-hybridized carbons (Fsp3) is 0.650. The average Bonchev–Trinajstić information content (AvgIpc) is 2.56. The molecule has 1 fully saturated rings. The molecule has 0 heterocycles. The van der Waals surface area contributed by atoms with Crippen molar-refractivity contribution < 1.29 is 14.3 Å². The molecule has 1 aliphatic rings. The van der Waals surface area contributed by atoms with Gasteiger partial charge in [-0.25, -0.2) is 0 Å². The highest BCUT2D eigenvalue weighted by molar-refractivity contribution is 5.97. The van der Waals surface area contributed by atoms with Crippen molar-refractivity contribution in [2.75, 3.05) is 12.4 Å². The number of benzene rings is 1. The summed E-state index contributed by atoms with van der Waals surface area (Å²) in [7, 11) is 1.64.